The monoisotopic (exact) mass is 501 g/mol. The number of hydrogen-bond donors (Lipinski definition) is 0. The average molecular weight is 501 g/mol. The molecule has 16 atom stereocenters. The molecule has 0 spiro atoms. The Balaban J connectivity index is 0.000000658. The highest BCUT2D eigenvalue weighted by Gasteiger charge is 2.63. The smallest absolute Gasteiger partial charge is 0.0318 e. The van der Waals surface area contributed by atoms with Gasteiger partial charge in [0.15, 0.2) is 0 Å². The van der Waals surface area contributed by atoms with Crippen LogP contribution in [0.2, 0.25) is 0 Å². The topological polar surface area (TPSA) is 0 Å². The van der Waals surface area contributed by atoms with Crippen molar-refractivity contribution in [2.24, 2.45) is 112 Å². The third-order valence-electron chi connectivity index (χ3n) is 14.1. The van der Waals surface area contributed by atoms with E-state index in [4.69, 9.17) is 0 Å². The lowest BCUT2D eigenvalue weighted by Gasteiger charge is -2.51. The molecule has 36 heavy (non-hydrogen) atoms. The summed E-state index contributed by atoms with van der Waals surface area (Å²) in [6, 6.07) is 0. The van der Waals surface area contributed by atoms with E-state index in [1.807, 2.05) is 0 Å². The number of fused-ring (bicyclic) bond motifs is 3. The van der Waals surface area contributed by atoms with Crippen LogP contribution >= 0.6 is 0 Å². The molecule has 0 aromatic carbocycles. The van der Waals surface area contributed by atoms with Gasteiger partial charge in [0.05, 0.1) is 0 Å². The van der Waals surface area contributed by atoms with E-state index in [2.05, 4.69) is 111 Å². The summed E-state index contributed by atoms with van der Waals surface area (Å²) in [5, 5.41) is 0. The van der Waals surface area contributed by atoms with E-state index in [1.165, 1.54) is 6.42 Å². The molecule has 16 unspecified atom stereocenters. The fourth-order valence-electron chi connectivity index (χ4n) is 10.8. The van der Waals surface area contributed by atoms with Gasteiger partial charge >= 0.3 is 0 Å². The predicted molar refractivity (Wildman–Crippen MR) is 161 cm³/mol. The summed E-state index contributed by atoms with van der Waals surface area (Å²) in [5.74, 6) is 16.6. The van der Waals surface area contributed by atoms with Crippen LogP contribution in [0.25, 0.3) is 0 Å². The van der Waals surface area contributed by atoms with Crippen LogP contribution in [0.15, 0.2) is 0 Å². The summed E-state index contributed by atoms with van der Waals surface area (Å²) in [6.45, 7) is 40.1. The largest absolute Gasteiger partial charge is 0.0620 e. The zero-order valence-corrected chi connectivity index (χ0v) is 27.6. The quantitative estimate of drug-likeness (QED) is 0.353. The van der Waals surface area contributed by atoms with Crippen LogP contribution in [0.1, 0.15) is 117 Å². The third kappa shape index (κ3) is 5.25. The van der Waals surface area contributed by atoms with Gasteiger partial charge in [0.1, 0.15) is 0 Å². The summed E-state index contributed by atoms with van der Waals surface area (Å²) in [4.78, 5) is 0. The third-order valence-corrected chi connectivity index (χ3v) is 14.1. The highest BCUT2D eigenvalue weighted by molar-refractivity contribution is 5.10. The van der Waals surface area contributed by atoms with E-state index in [9.17, 15) is 0 Å². The van der Waals surface area contributed by atoms with Crippen molar-refractivity contribution in [2.75, 3.05) is 0 Å². The molecule has 0 heteroatoms. The van der Waals surface area contributed by atoms with Crippen molar-refractivity contribution in [2.45, 2.75) is 117 Å². The van der Waals surface area contributed by atoms with Gasteiger partial charge in [-0.25, -0.2) is 0 Å². The minimum Gasteiger partial charge on any atom is -0.0620 e. The summed E-state index contributed by atoms with van der Waals surface area (Å²) >= 11 is 0. The van der Waals surface area contributed by atoms with Gasteiger partial charge in [0.2, 0.25) is 0 Å². The van der Waals surface area contributed by atoms with Crippen LogP contribution in [0.5, 0.6) is 0 Å². The Morgan fingerprint density at radius 1 is 0.306 bits per heavy atom. The summed E-state index contributed by atoms with van der Waals surface area (Å²) in [5.41, 5.74) is 0.500. The lowest BCUT2D eigenvalue weighted by atomic mass is 9.53. The Hall–Kier alpha value is 0. The molecule has 212 valence electrons. The molecular formula is C36H68. The van der Waals surface area contributed by atoms with E-state index in [0.717, 1.165) is 107 Å². The zero-order valence-electron chi connectivity index (χ0n) is 27.6. The molecule has 0 N–H and O–H groups in total. The second-order valence-corrected chi connectivity index (χ2v) is 17.2. The maximum atomic E-state index is 2.67. The molecular weight excluding hydrogens is 432 g/mol. The highest BCUT2D eigenvalue weighted by Crippen LogP contribution is 2.68. The van der Waals surface area contributed by atoms with Gasteiger partial charge in [-0.1, -0.05) is 111 Å². The molecule has 0 aromatic rings. The molecule has 0 nitrogen and oxygen atoms in total. The first-order valence-corrected chi connectivity index (χ1v) is 16.4. The standard InChI is InChI=1S/C31H56.C5H12/c1-14-15(2)21(8)26(20(14)7)13-27-28-22(9)16(3)18(5)24(11)30(28)31-25(12)19(6)17(4)23(10)29(27)31;1-5(2,3)4/h14-31H,13H2,1-12H3;1-4H3. The van der Waals surface area contributed by atoms with Gasteiger partial charge in [-0.3, -0.25) is 0 Å². The van der Waals surface area contributed by atoms with Gasteiger partial charge in [-0.2, -0.15) is 0 Å². The van der Waals surface area contributed by atoms with Crippen LogP contribution in [-0.2, 0) is 0 Å². The van der Waals surface area contributed by atoms with Crippen molar-refractivity contribution < 1.29 is 0 Å². The number of rotatable bonds is 2. The van der Waals surface area contributed by atoms with Gasteiger partial charge in [-0.05, 0) is 118 Å². The molecule has 4 fully saturated rings. The van der Waals surface area contributed by atoms with Crippen LogP contribution < -0.4 is 0 Å². The van der Waals surface area contributed by atoms with Crippen molar-refractivity contribution in [3.8, 4) is 0 Å². The Morgan fingerprint density at radius 2 is 0.528 bits per heavy atom. The molecule has 0 saturated heterocycles. The Bertz CT molecular complexity index is 656. The van der Waals surface area contributed by atoms with Crippen molar-refractivity contribution in [1.82, 2.24) is 0 Å². The van der Waals surface area contributed by atoms with E-state index < -0.39 is 0 Å². The molecule has 4 rings (SSSR count). The van der Waals surface area contributed by atoms with Crippen LogP contribution in [-0.4, -0.2) is 0 Å². The lowest BCUT2D eigenvalue weighted by molar-refractivity contribution is -0.0377. The van der Waals surface area contributed by atoms with Crippen molar-refractivity contribution in [1.29, 1.82) is 0 Å². The molecule has 4 aliphatic rings. The molecule has 4 aliphatic carbocycles. The van der Waals surface area contributed by atoms with Crippen LogP contribution in [0, 0.1) is 112 Å². The van der Waals surface area contributed by atoms with Crippen molar-refractivity contribution in [3.05, 3.63) is 0 Å². The molecule has 4 saturated carbocycles. The fraction of sp³-hybridized carbons (Fsp3) is 1.00. The summed E-state index contributed by atoms with van der Waals surface area (Å²) in [6.07, 6.45) is 1.54. The minimum absolute atomic E-state index is 0.500. The predicted octanol–water partition coefficient (Wildman–Crippen LogP) is 10.8. The Morgan fingerprint density at radius 3 is 0.806 bits per heavy atom. The maximum absolute atomic E-state index is 2.67. The second-order valence-electron chi connectivity index (χ2n) is 17.2. The first-order chi connectivity index (χ1) is 16.4. The Kier molecular flexibility index (Phi) is 9.22. The average Bonchev–Trinajstić information content (AvgIpc) is 3.21. The van der Waals surface area contributed by atoms with Gasteiger partial charge in [-0.15, -0.1) is 0 Å². The first kappa shape index (κ1) is 30.5. The highest BCUT2D eigenvalue weighted by atomic mass is 14.7. The van der Waals surface area contributed by atoms with Crippen molar-refractivity contribution >= 4 is 0 Å². The van der Waals surface area contributed by atoms with Crippen molar-refractivity contribution in [3.63, 3.8) is 0 Å². The first-order valence-electron chi connectivity index (χ1n) is 16.4. The molecule has 0 aliphatic heterocycles. The van der Waals surface area contributed by atoms with E-state index in [-0.39, 0.29) is 0 Å². The van der Waals surface area contributed by atoms with Gasteiger partial charge in [0, 0.05) is 0 Å². The van der Waals surface area contributed by atoms with E-state index in [1.54, 1.807) is 0 Å². The molecule has 0 heterocycles. The molecule has 0 aromatic heterocycles. The molecule has 0 amide bonds. The van der Waals surface area contributed by atoms with E-state index in [0.29, 0.717) is 5.41 Å². The fourth-order valence-corrected chi connectivity index (χ4v) is 10.8. The number of hydrogen-bond acceptors (Lipinski definition) is 0. The lowest BCUT2D eigenvalue weighted by Crippen LogP contribution is -2.46. The Labute approximate surface area is 228 Å². The summed E-state index contributed by atoms with van der Waals surface area (Å²) < 4.78 is 0. The minimum atomic E-state index is 0.500. The molecule has 0 bridgehead atoms. The maximum Gasteiger partial charge on any atom is -0.0318 e. The molecule has 0 radical (unpaired) electrons. The second kappa shape index (κ2) is 10.9. The van der Waals surface area contributed by atoms with Crippen LogP contribution in [0.4, 0.5) is 0 Å². The van der Waals surface area contributed by atoms with Crippen LogP contribution in [0.3, 0.4) is 0 Å². The zero-order chi connectivity index (χ0) is 27.6. The SMILES string of the molecule is CC(C)(C)C.CC1C(C)C(C)C(CC2C3C(C)C(C)C(C)C(C)C3C3C(C)C(C)C(C)C(C)C23)C1C. The summed E-state index contributed by atoms with van der Waals surface area (Å²) in [7, 11) is 0. The van der Waals surface area contributed by atoms with E-state index >= 15 is 0 Å². The normalized spacial score (nSPS) is 57.0. The van der Waals surface area contributed by atoms with Gasteiger partial charge < -0.3 is 0 Å². The van der Waals surface area contributed by atoms with Gasteiger partial charge in [0.25, 0.3) is 0 Å².